The average Bonchev–Trinajstić information content (AvgIpc) is 2.77. The van der Waals surface area contributed by atoms with Gasteiger partial charge in [0, 0.05) is 19.2 Å². The van der Waals surface area contributed by atoms with Gasteiger partial charge in [-0.2, -0.15) is 13.2 Å². The molecule has 0 aromatic heterocycles. The van der Waals surface area contributed by atoms with Gasteiger partial charge in [-0.15, -0.1) is 0 Å². The fourth-order valence-electron chi connectivity index (χ4n) is 2.92. The highest BCUT2D eigenvalue weighted by Crippen LogP contribution is 2.24. The van der Waals surface area contributed by atoms with Crippen molar-refractivity contribution >= 4 is 11.8 Å². The van der Waals surface area contributed by atoms with E-state index < -0.39 is 24.7 Å². The highest BCUT2D eigenvalue weighted by Gasteiger charge is 2.42. The summed E-state index contributed by atoms with van der Waals surface area (Å²) in [6, 6.07) is 4.57. The first-order valence-corrected chi connectivity index (χ1v) is 7.30. The molecule has 1 saturated heterocycles. The molecule has 0 aliphatic carbocycles. The number of carbonyl (C=O) groups is 2. The van der Waals surface area contributed by atoms with Gasteiger partial charge in [0.15, 0.2) is 0 Å². The van der Waals surface area contributed by atoms with E-state index in [1.54, 1.807) is 26.0 Å². The minimum absolute atomic E-state index is 0.00733. The SMILES string of the molecule is Cc1cccc(C)c1C(=O)N(C)C1CCN(CC(F)(F)F)C1=O. The summed E-state index contributed by atoms with van der Waals surface area (Å²) in [5.41, 5.74) is 2.05. The van der Waals surface area contributed by atoms with E-state index in [1.165, 1.54) is 11.9 Å². The van der Waals surface area contributed by atoms with Crippen molar-refractivity contribution in [1.82, 2.24) is 9.80 Å². The van der Waals surface area contributed by atoms with Gasteiger partial charge in [0.25, 0.3) is 5.91 Å². The quantitative estimate of drug-likeness (QED) is 0.855. The highest BCUT2D eigenvalue weighted by atomic mass is 19.4. The van der Waals surface area contributed by atoms with Crippen LogP contribution in [0.25, 0.3) is 0 Å². The fraction of sp³-hybridized carbons (Fsp3) is 0.500. The number of alkyl halides is 3. The molecule has 4 nitrogen and oxygen atoms in total. The van der Waals surface area contributed by atoms with Crippen molar-refractivity contribution in [1.29, 1.82) is 0 Å². The third-order valence-corrected chi connectivity index (χ3v) is 4.12. The summed E-state index contributed by atoms with van der Waals surface area (Å²) in [5.74, 6) is -0.989. The Morgan fingerprint density at radius 3 is 2.39 bits per heavy atom. The standard InChI is InChI=1S/C16H19F3N2O2/c1-10-5-4-6-11(2)13(10)15(23)20(3)12-7-8-21(14(12)22)9-16(17,18)19/h4-6,12H,7-9H2,1-3H3. The summed E-state index contributed by atoms with van der Waals surface area (Å²) in [7, 11) is 1.47. The molecule has 7 heteroatoms. The van der Waals surface area contributed by atoms with E-state index >= 15 is 0 Å². The summed E-state index contributed by atoms with van der Waals surface area (Å²) in [4.78, 5) is 26.8. The van der Waals surface area contributed by atoms with Crippen LogP contribution in [0.15, 0.2) is 18.2 Å². The van der Waals surface area contributed by atoms with Crippen LogP contribution < -0.4 is 0 Å². The number of aryl methyl sites for hydroxylation is 2. The van der Waals surface area contributed by atoms with Crippen LogP contribution >= 0.6 is 0 Å². The van der Waals surface area contributed by atoms with Crippen molar-refractivity contribution in [3.8, 4) is 0 Å². The van der Waals surface area contributed by atoms with Gasteiger partial charge in [0.2, 0.25) is 5.91 Å². The second-order valence-corrected chi connectivity index (χ2v) is 5.86. The van der Waals surface area contributed by atoms with E-state index in [-0.39, 0.29) is 18.9 Å². The Morgan fingerprint density at radius 2 is 1.87 bits per heavy atom. The molecule has 1 fully saturated rings. The van der Waals surface area contributed by atoms with Crippen molar-refractivity contribution in [2.24, 2.45) is 0 Å². The molecule has 0 saturated carbocycles. The normalized spacial score (nSPS) is 18.4. The molecule has 126 valence electrons. The second-order valence-electron chi connectivity index (χ2n) is 5.86. The monoisotopic (exact) mass is 328 g/mol. The van der Waals surface area contributed by atoms with Crippen LogP contribution in [-0.2, 0) is 4.79 Å². The predicted octanol–water partition coefficient (Wildman–Crippen LogP) is 2.54. The molecule has 2 rings (SSSR count). The minimum atomic E-state index is -4.43. The molecule has 23 heavy (non-hydrogen) atoms. The van der Waals surface area contributed by atoms with Gasteiger partial charge in [-0.25, -0.2) is 0 Å². The Hall–Kier alpha value is -2.05. The van der Waals surface area contributed by atoms with Gasteiger partial charge >= 0.3 is 6.18 Å². The van der Waals surface area contributed by atoms with Gasteiger partial charge in [-0.3, -0.25) is 9.59 Å². The first-order chi connectivity index (χ1) is 10.6. The zero-order valence-electron chi connectivity index (χ0n) is 13.3. The topological polar surface area (TPSA) is 40.6 Å². The van der Waals surface area contributed by atoms with E-state index in [9.17, 15) is 22.8 Å². The molecule has 1 aromatic rings. The van der Waals surface area contributed by atoms with E-state index in [2.05, 4.69) is 0 Å². The zero-order valence-corrected chi connectivity index (χ0v) is 13.3. The number of hydrogen-bond acceptors (Lipinski definition) is 2. The maximum Gasteiger partial charge on any atom is 0.406 e. The molecule has 0 radical (unpaired) electrons. The van der Waals surface area contributed by atoms with Crippen LogP contribution in [0, 0.1) is 13.8 Å². The van der Waals surface area contributed by atoms with Crippen molar-refractivity contribution in [2.75, 3.05) is 20.1 Å². The third-order valence-electron chi connectivity index (χ3n) is 4.12. The number of hydrogen-bond donors (Lipinski definition) is 0. The number of carbonyl (C=O) groups excluding carboxylic acids is 2. The maximum absolute atomic E-state index is 12.6. The molecular formula is C16H19F3N2O2. The number of amides is 2. The van der Waals surface area contributed by atoms with Crippen molar-refractivity contribution in [3.63, 3.8) is 0 Å². The van der Waals surface area contributed by atoms with Gasteiger partial charge in [-0.05, 0) is 31.4 Å². The van der Waals surface area contributed by atoms with Crippen LogP contribution in [-0.4, -0.2) is 54.0 Å². The lowest BCUT2D eigenvalue weighted by atomic mass is 10.0. The molecule has 1 aromatic carbocycles. The number of rotatable bonds is 3. The van der Waals surface area contributed by atoms with E-state index in [4.69, 9.17) is 0 Å². The second kappa shape index (κ2) is 6.22. The molecule has 0 N–H and O–H groups in total. The number of likely N-dealkylation sites (tertiary alicyclic amines) is 1. The Balaban J connectivity index is 2.17. The lowest BCUT2D eigenvalue weighted by molar-refractivity contribution is -0.158. The minimum Gasteiger partial charge on any atom is -0.332 e. The molecule has 0 spiro atoms. The molecule has 1 atom stereocenters. The molecule has 2 amide bonds. The first kappa shape index (κ1) is 17.3. The maximum atomic E-state index is 12.6. The fourth-order valence-corrected chi connectivity index (χ4v) is 2.92. The van der Waals surface area contributed by atoms with Gasteiger partial charge < -0.3 is 9.80 Å². The largest absolute Gasteiger partial charge is 0.406 e. The lowest BCUT2D eigenvalue weighted by Crippen LogP contribution is -2.45. The Kier molecular flexibility index (Phi) is 4.68. The molecular weight excluding hydrogens is 309 g/mol. The summed E-state index contributed by atoms with van der Waals surface area (Å²) in [5, 5.41) is 0. The highest BCUT2D eigenvalue weighted by molar-refractivity contribution is 6.00. The number of likely N-dealkylation sites (N-methyl/N-ethyl adjacent to an activating group) is 1. The Bertz CT molecular complexity index is 608. The number of nitrogens with zero attached hydrogens (tertiary/aromatic N) is 2. The number of benzene rings is 1. The Labute approximate surface area is 132 Å². The molecule has 1 aliphatic rings. The average molecular weight is 328 g/mol. The van der Waals surface area contributed by atoms with Crippen molar-refractivity contribution in [2.45, 2.75) is 32.5 Å². The van der Waals surface area contributed by atoms with Crippen LogP contribution in [0.4, 0.5) is 13.2 Å². The summed E-state index contributed by atoms with van der Waals surface area (Å²) in [6.45, 7) is 2.32. The van der Waals surface area contributed by atoms with E-state index in [1.807, 2.05) is 6.07 Å². The van der Waals surface area contributed by atoms with Gasteiger partial charge in [0.1, 0.15) is 12.6 Å². The third kappa shape index (κ3) is 3.65. The van der Waals surface area contributed by atoms with Crippen LogP contribution in [0.3, 0.4) is 0 Å². The Morgan fingerprint density at radius 1 is 1.30 bits per heavy atom. The van der Waals surface area contributed by atoms with Crippen LogP contribution in [0.2, 0.25) is 0 Å². The molecule has 1 unspecified atom stereocenters. The number of halogens is 3. The van der Waals surface area contributed by atoms with Crippen molar-refractivity contribution in [3.05, 3.63) is 34.9 Å². The lowest BCUT2D eigenvalue weighted by Gasteiger charge is -2.25. The van der Waals surface area contributed by atoms with Crippen LogP contribution in [0.5, 0.6) is 0 Å². The van der Waals surface area contributed by atoms with Crippen molar-refractivity contribution < 1.29 is 22.8 Å². The predicted molar refractivity (Wildman–Crippen MR) is 79.0 cm³/mol. The molecule has 1 aliphatic heterocycles. The van der Waals surface area contributed by atoms with E-state index in [0.717, 1.165) is 16.0 Å². The van der Waals surface area contributed by atoms with Gasteiger partial charge in [0.05, 0.1) is 0 Å². The smallest absolute Gasteiger partial charge is 0.332 e. The van der Waals surface area contributed by atoms with Crippen LogP contribution in [0.1, 0.15) is 27.9 Å². The van der Waals surface area contributed by atoms with E-state index in [0.29, 0.717) is 5.56 Å². The first-order valence-electron chi connectivity index (χ1n) is 7.30. The van der Waals surface area contributed by atoms with Gasteiger partial charge in [-0.1, -0.05) is 18.2 Å². The zero-order chi connectivity index (χ0) is 17.4. The summed E-state index contributed by atoms with van der Waals surface area (Å²) >= 11 is 0. The summed E-state index contributed by atoms with van der Waals surface area (Å²) < 4.78 is 37.4. The molecule has 1 heterocycles. The summed E-state index contributed by atoms with van der Waals surface area (Å²) in [6.07, 6.45) is -4.22. The molecule has 0 bridgehead atoms.